The number of hydrogen-bond donors (Lipinski definition) is 0. The Labute approximate surface area is 333 Å². The Kier molecular flexibility index (Phi) is 7.16. The van der Waals surface area contributed by atoms with Gasteiger partial charge < -0.3 is 8.98 Å². The molecular formula is C53H32N4O. The summed E-state index contributed by atoms with van der Waals surface area (Å²) < 4.78 is 9.18. The van der Waals surface area contributed by atoms with Crippen LogP contribution in [0.1, 0.15) is 0 Å². The molecular weight excluding hydrogens is 709 g/mol. The summed E-state index contributed by atoms with van der Waals surface area (Å²) >= 11 is 0. The molecule has 9 aromatic carbocycles. The van der Waals surface area contributed by atoms with Gasteiger partial charge in [0.15, 0.2) is 17.5 Å². The Hall–Kier alpha value is -7.89. The molecule has 5 nitrogen and oxygen atoms in total. The highest BCUT2D eigenvalue weighted by molar-refractivity contribution is 6.25. The Morgan fingerprint density at radius 3 is 1.64 bits per heavy atom. The molecule has 0 aliphatic heterocycles. The van der Waals surface area contributed by atoms with Crippen molar-refractivity contribution in [1.82, 2.24) is 19.5 Å². The molecule has 0 aliphatic carbocycles. The summed E-state index contributed by atoms with van der Waals surface area (Å²) in [7, 11) is 0. The van der Waals surface area contributed by atoms with Crippen LogP contribution in [0.2, 0.25) is 0 Å². The SMILES string of the molecule is c1ccc(-c2nc(-c3ccccc3)nc(-c3cc4cc(-n5c6ccccc6c6c7ccccc7c(-c7ccccc7)cc65)ccc4c4oc5ccccc5c34)n2)cc1. The molecule has 0 radical (unpaired) electrons. The van der Waals surface area contributed by atoms with E-state index in [0.29, 0.717) is 17.5 Å². The Bertz CT molecular complexity index is 3500. The molecule has 0 saturated heterocycles. The Morgan fingerprint density at radius 1 is 0.362 bits per heavy atom. The van der Waals surface area contributed by atoms with Crippen LogP contribution < -0.4 is 0 Å². The van der Waals surface area contributed by atoms with Gasteiger partial charge in [-0.05, 0) is 69.8 Å². The van der Waals surface area contributed by atoms with E-state index in [2.05, 4.69) is 126 Å². The monoisotopic (exact) mass is 740 g/mol. The maximum Gasteiger partial charge on any atom is 0.164 e. The van der Waals surface area contributed by atoms with Crippen molar-refractivity contribution in [3.05, 3.63) is 194 Å². The molecule has 0 N–H and O–H groups in total. The van der Waals surface area contributed by atoms with Gasteiger partial charge in [-0.25, -0.2) is 15.0 Å². The minimum atomic E-state index is 0.590. The highest BCUT2D eigenvalue weighted by Gasteiger charge is 2.22. The summed E-state index contributed by atoms with van der Waals surface area (Å²) in [6.07, 6.45) is 0. The van der Waals surface area contributed by atoms with Crippen molar-refractivity contribution in [2.24, 2.45) is 0 Å². The summed E-state index contributed by atoms with van der Waals surface area (Å²) in [6, 6.07) is 68.0. The van der Waals surface area contributed by atoms with Crippen LogP contribution in [0.15, 0.2) is 199 Å². The van der Waals surface area contributed by atoms with Crippen molar-refractivity contribution >= 4 is 65.3 Å². The van der Waals surface area contributed by atoms with Crippen molar-refractivity contribution in [3.63, 3.8) is 0 Å². The summed E-state index contributed by atoms with van der Waals surface area (Å²) in [5.74, 6) is 1.82. The first kappa shape index (κ1) is 32.4. The highest BCUT2D eigenvalue weighted by atomic mass is 16.3. The Morgan fingerprint density at radius 2 is 0.931 bits per heavy atom. The van der Waals surface area contributed by atoms with E-state index in [1.54, 1.807) is 0 Å². The fourth-order valence-corrected chi connectivity index (χ4v) is 8.82. The van der Waals surface area contributed by atoms with Crippen LogP contribution in [0.4, 0.5) is 0 Å². The van der Waals surface area contributed by atoms with Gasteiger partial charge in [0, 0.05) is 49.3 Å². The predicted octanol–water partition coefficient (Wildman–Crippen LogP) is 13.8. The van der Waals surface area contributed by atoms with Crippen LogP contribution in [-0.2, 0) is 0 Å². The fourth-order valence-electron chi connectivity index (χ4n) is 8.82. The Balaban J connectivity index is 1.16. The second-order valence-electron chi connectivity index (χ2n) is 14.8. The van der Waals surface area contributed by atoms with E-state index >= 15 is 0 Å². The van der Waals surface area contributed by atoms with Crippen molar-refractivity contribution in [2.75, 3.05) is 0 Å². The number of para-hydroxylation sites is 2. The molecule has 0 saturated carbocycles. The third kappa shape index (κ3) is 5.00. The molecule has 58 heavy (non-hydrogen) atoms. The number of aromatic nitrogens is 4. The van der Waals surface area contributed by atoms with Gasteiger partial charge >= 0.3 is 0 Å². The molecule has 270 valence electrons. The summed E-state index contributed by atoms with van der Waals surface area (Å²) in [4.78, 5) is 15.4. The summed E-state index contributed by atoms with van der Waals surface area (Å²) in [5, 5.41) is 8.98. The van der Waals surface area contributed by atoms with E-state index < -0.39 is 0 Å². The first-order valence-electron chi connectivity index (χ1n) is 19.5. The van der Waals surface area contributed by atoms with Gasteiger partial charge in [-0.2, -0.15) is 0 Å². The van der Waals surface area contributed by atoms with Crippen molar-refractivity contribution in [2.45, 2.75) is 0 Å². The van der Waals surface area contributed by atoms with E-state index in [4.69, 9.17) is 19.4 Å². The molecule has 12 rings (SSSR count). The number of furan rings is 1. The van der Waals surface area contributed by atoms with Crippen LogP contribution in [-0.4, -0.2) is 19.5 Å². The number of fused-ring (bicyclic) bond motifs is 10. The van der Waals surface area contributed by atoms with Gasteiger partial charge in [0.05, 0.1) is 11.0 Å². The van der Waals surface area contributed by atoms with Gasteiger partial charge in [0.1, 0.15) is 11.2 Å². The zero-order valence-electron chi connectivity index (χ0n) is 31.2. The van der Waals surface area contributed by atoms with Crippen molar-refractivity contribution in [3.8, 4) is 51.0 Å². The van der Waals surface area contributed by atoms with E-state index in [1.165, 1.54) is 32.7 Å². The molecule has 0 atom stereocenters. The number of hydrogen-bond acceptors (Lipinski definition) is 4. The molecule has 5 heteroatoms. The zero-order chi connectivity index (χ0) is 38.2. The standard InChI is InChI=1S/C53H32N4O/c1-4-16-33(17-5-1)43-32-46-48(40-23-11-10-22-39(40)43)41-24-12-14-26-45(41)57(46)37-28-29-38-36(30-37)31-44(49-42-25-13-15-27-47(42)58-50(38)49)53-55-51(34-18-6-2-7-19-34)54-52(56-53)35-20-8-3-9-21-35/h1-32H. The van der Waals surface area contributed by atoms with Crippen molar-refractivity contribution < 1.29 is 4.42 Å². The van der Waals surface area contributed by atoms with Crippen molar-refractivity contribution in [1.29, 1.82) is 0 Å². The van der Waals surface area contributed by atoms with E-state index in [9.17, 15) is 0 Å². The lowest BCUT2D eigenvalue weighted by atomic mass is 9.95. The third-order valence-corrected chi connectivity index (χ3v) is 11.4. The lowest BCUT2D eigenvalue weighted by molar-refractivity contribution is 0.672. The maximum atomic E-state index is 6.76. The quantitative estimate of drug-likeness (QED) is 0.176. The molecule has 0 aliphatic rings. The first-order valence-corrected chi connectivity index (χ1v) is 19.5. The van der Waals surface area contributed by atoms with Crippen LogP contribution in [0.5, 0.6) is 0 Å². The van der Waals surface area contributed by atoms with E-state index in [-0.39, 0.29) is 0 Å². The number of nitrogens with zero attached hydrogens (tertiary/aromatic N) is 4. The van der Waals surface area contributed by atoms with Gasteiger partial charge in [-0.3, -0.25) is 0 Å². The minimum absolute atomic E-state index is 0.590. The van der Waals surface area contributed by atoms with Gasteiger partial charge in [-0.1, -0.05) is 152 Å². The highest BCUT2D eigenvalue weighted by Crippen LogP contribution is 2.44. The third-order valence-electron chi connectivity index (χ3n) is 11.4. The van der Waals surface area contributed by atoms with Gasteiger partial charge in [0.25, 0.3) is 0 Å². The number of rotatable bonds is 5. The number of benzene rings is 9. The lowest BCUT2D eigenvalue weighted by Crippen LogP contribution is -2.00. The molecule has 3 heterocycles. The molecule has 0 amide bonds. The molecule has 0 unspecified atom stereocenters. The molecule has 3 aromatic heterocycles. The average Bonchev–Trinajstić information content (AvgIpc) is 3.86. The largest absolute Gasteiger partial charge is 0.455 e. The normalized spacial score (nSPS) is 11.8. The second-order valence-corrected chi connectivity index (χ2v) is 14.8. The van der Waals surface area contributed by atoms with Crippen LogP contribution in [0.3, 0.4) is 0 Å². The lowest BCUT2D eigenvalue weighted by Gasteiger charge is -2.14. The molecule has 0 spiro atoms. The minimum Gasteiger partial charge on any atom is -0.455 e. The second kappa shape index (κ2) is 12.8. The van der Waals surface area contributed by atoms with Crippen LogP contribution in [0.25, 0.3) is 116 Å². The predicted molar refractivity (Wildman–Crippen MR) is 238 cm³/mol. The zero-order valence-corrected chi connectivity index (χ0v) is 31.2. The summed E-state index contributed by atoms with van der Waals surface area (Å²) in [5.41, 5.74) is 10.1. The smallest absolute Gasteiger partial charge is 0.164 e. The van der Waals surface area contributed by atoms with Gasteiger partial charge in [0.2, 0.25) is 0 Å². The van der Waals surface area contributed by atoms with Crippen LogP contribution >= 0.6 is 0 Å². The molecule has 12 aromatic rings. The van der Waals surface area contributed by atoms with Crippen LogP contribution in [0, 0.1) is 0 Å². The van der Waals surface area contributed by atoms with E-state index in [0.717, 1.165) is 66.1 Å². The average molecular weight is 741 g/mol. The van der Waals surface area contributed by atoms with E-state index in [1.807, 2.05) is 72.8 Å². The maximum absolute atomic E-state index is 6.76. The fraction of sp³-hybridized carbons (Fsp3) is 0. The first-order chi connectivity index (χ1) is 28.8. The summed E-state index contributed by atoms with van der Waals surface area (Å²) in [6.45, 7) is 0. The molecule has 0 bridgehead atoms. The molecule has 0 fully saturated rings. The topological polar surface area (TPSA) is 56.7 Å². The van der Waals surface area contributed by atoms with Gasteiger partial charge in [-0.15, -0.1) is 0 Å².